The van der Waals surface area contributed by atoms with Crippen molar-refractivity contribution >= 4 is 53.1 Å². The average Bonchev–Trinajstić information content (AvgIpc) is 3.11. The van der Waals surface area contributed by atoms with Crippen molar-refractivity contribution in [1.82, 2.24) is 19.9 Å². The number of methoxy groups -OCH3 is 1. The molecule has 5 rings (SSSR count). The minimum Gasteiger partial charge on any atom is -0.464 e. The highest BCUT2D eigenvalue weighted by Crippen LogP contribution is 2.14. The average molecular weight is 647 g/mol. The topological polar surface area (TPSA) is 203 Å². The number of benzene rings is 1. The fourth-order valence-corrected chi connectivity index (χ4v) is 4.02. The molecule has 48 heavy (non-hydrogen) atoms. The molecule has 0 saturated heterocycles. The maximum absolute atomic E-state index is 13.0. The molecule has 0 unspecified atom stereocenters. The second-order valence-electron chi connectivity index (χ2n) is 9.67. The number of rotatable bonds is 10. The summed E-state index contributed by atoms with van der Waals surface area (Å²) >= 11 is 0. The van der Waals surface area contributed by atoms with Gasteiger partial charge in [0.05, 0.1) is 7.11 Å². The number of hydrogen-bond acceptors (Lipinski definition) is 11. The van der Waals surface area contributed by atoms with Crippen molar-refractivity contribution in [2.75, 3.05) is 28.4 Å². The van der Waals surface area contributed by atoms with Crippen LogP contribution in [0.3, 0.4) is 0 Å². The molecule has 4 amide bonds. The van der Waals surface area contributed by atoms with Crippen molar-refractivity contribution in [2.45, 2.75) is 6.61 Å². The van der Waals surface area contributed by atoms with Crippen LogP contribution in [0.15, 0.2) is 103 Å². The Morgan fingerprint density at radius 2 is 0.896 bits per heavy atom. The smallest absolute Gasteiger partial charge is 0.413 e. The first kappa shape index (κ1) is 32.4. The largest absolute Gasteiger partial charge is 0.464 e. The van der Waals surface area contributed by atoms with Crippen LogP contribution >= 0.6 is 0 Å². The summed E-state index contributed by atoms with van der Waals surface area (Å²) in [5.41, 5.74) is 0.690. The summed E-state index contributed by atoms with van der Waals surface area (Å²) in [6, 6.07) is 26.9. The van der Waals surface area contributed by atoms with Crippen LogP contribution in [0.2, 0.25) is 0 Å². The third-order valence-electron chi connectivity index (χ3n) is 6.26. The van der Waals surface area contributed by atoms with Gasteiger partial charge in [-0.05, 0) is 54.1 Å². The van der Waals surface area contributed by atoms with E-state index in [0.717, 1.165) is 5.56 Å². The zero-order valence-electron chi connectivity index (χ0n) is 25.2. The summed E-state index contributed by atoms with van der Waals surface area (Å²) in [5, 5.41) is 10.1. The normalized spacial score (nSPS) is 10.3. The van der Waals surface area contributed by atoms with Gasteiger partial charge in [0.2, 0.25) is 0 Å². The van der Waals surface area contributed by atoms with E-state index in [1.165, 1.54) is 79.9 Å². The number of esters is 1. The summed E-state index contributed by atoms with van der Waals surface area (Å²) in [4.78, 5) is 79.1. The molecule has 15 heteroatoms. The van der Waals surface area contributed by atoms with Crippen molar-refractivity contribution in [3.8, 4) is 0 Å². The molecule has 0 atom stereocenters. The van der Waals surface area contributed by atoms with Gasteiger partial charge in [0.1, 0.15) is 47.0 Å². The van der Waals surface area contributed by atoms with Gasteiger partial charge in [0, 0.05) is 0 Å². The molecule has 0 bridgehead atoms. The summed E-state index contributed by atoms with van der Waals surface area (Å²) in [7, 11) is 1.22. The van der Waals surface area contributed by atoms with Crippen LogP contribution in [0.4, 0.5) is 28.1 Å². The third-order valence-corrected chi connectivity index (χ3v) is 6.26. The fourth-order valence-electron chi connectivity index (χ4n) is 4.02. The Balaban J connectivity index is 1.18. The van der Waals surface area contributed by atoms with E-state index in [2.05, 4.69) is 45.9 Å². The van der Waals surface area contributed by atoms with Crippen LogP contribution in [0.1, 0.15) is 47.5 Å². The van der Waals surface area contributed by atoms with Gasteiger partial charge in [-0.15, -0.1) is 0 Å². The Labute approximate surface area is 272 Å². The highest BCUT2D eigenvalue weighted by molar-refractivity contribution is 6.06. The molecule has 4 heterocycles. The molecule has 5 aromatic rings. The van der Waals surface area contributed by atoms with Crippen LogP contribution in [-0.4, -0.2) is 56.8 Å². The van der Waals surface area contributed by atoms with E-state index in [0.29, 0.717) is 0 Å². The first-order valence-corrected chi connectivity index (χ1v) is 14.2. The van der Waals surface area contributed by atoms with Gasteiger partial charge in [-0.3, -0.25) is 19.7 Å². The van der Waals surface area contributed by atoms with Gasteiger partial charge >= 0.3 is 12.1 Å². The van der Waals surface area contributed by atoms with Gasteiger partial charge in [-0.2, -0.15) is 0 Å². The van der Waals surface area contributed by atoms with Gasteiger partial charge < -0.3 is 25.4 Å². The number of hydrogen-bond donors (Lipinski definition) is 4. The lowest BCUT2D eigenvalue weighted by molar-refractivity contribution is 0.0593. The van der Waals surface area contributed by atoms with Crippen LogP contribution in [0, 0.1) is 0 Å². The zero-order valence-corrected chi connectivity index (χ0v) is 25.2. The van der Waals surface area contributed by atoms with Gasteiger partial charge in [-0.1, -0.05) is 54.6 Å². The number of pyridine rings is 4. The molecule has 1 aromatic carbocycles. The molecule has 0 spiro atoms. The second kappa shape index (κ2) is 15.3. The van der Waals surface area contributed by atoms with E-state index in [1.807, 2.05) is 30.3 Å². The van der Waals surface area contributed by atoms with Crippen molar-refractivity contribution < 1.29 is 33.4 Å². The van der Waals surface area contributed by atoms with Crippen LogP contribution in [-0.2, 0) is 16.1 Å². The number of amides is 4. The predicted octanol–water partition coefficient (Wildman–Crippen LogP) is 4.56. The number of carbonyl (C=O) groups excluding carboxylic acids is 5. The van der Waals surface area contributed by atoms with Gasteiger partial charge in [-0.25, -0.2) is 29.5 Å². The monoisotopic (exact) mass is 646 g/mol. The molecule has 15 nitrogen and oxygen atoms in total. The van der Waals surface area contributed by atoms with E-state index in [9.17, 15) is 24.0 Å². The third kappa shape index (κ3) is 8.79. The van der Waals surface area contributed by atoms with Gasteiger partial charge in [0.15, 0.2) is 5.69 Å². The number of anilines is 4. The first-order valence-electron chi connectivity index (χ1n) is 14.2. The molecule has 0 aliphatic heterocycles. The van der Waals surface area contributed by atoms with E-state index in [-0.39, 0.29) is 52.7 Å². The Morgan fingerprint density at radius 3 is 1.33 bits per heavy atom. The Kier molecular flexibility index (Phi) is 10.3. The van der Waals surface area contributed by atoms with Crippen LogP contribution in [0.25, 0.3) is 0 Å². The molecule has 0 fully saturated rings. The molecule has 0 aliphatic carbocycles. The van der Waals surface area contributed by atoms with E-state index in [1.54, 1.807) is 0 Å². The van der Waals surface area contributed by atoms with Crippen LogP contribution in [0.5, 0.6) is 0 Å². The number of carbonyl (C=O) groups is 5. The number of nitrogens with one attached hydrogen (secondary N) is 4. The number of aromatic nitrogens is 4. The molecule has 0 aliphatic rings. The lowest BCUT2D eigenvalue weighted by Gasteiger charge is -2.09. The van der Waals surface area contributed by atoms with Gasteiger partial charge in [0.25, 0.3) is 17.7 Å². The second-order valence-corrected chi connectivity index (χ2v) is 9.67. The predicted molar refractivity (Wildman–Crippen MR) is 172 cm³/mol. The highest BCUT2D eigenvalue weighted by Gasteiger charge is 2.16. The Bertz CT molecular complexity index is 1990. The molecule has 0 radical (unpaired) electrons. The minimum absolute atomic E-state index is 0.00808. The highest BCUT2D eigenvalue weighted by atomic mass is 16.5. The van der Waals surface area contributed by atoms with Crippen molar-refractivity contribution in [3.63, 3.8) is 0 Å². The van der Waals surface area contributed by atoms with E-state index in [4.69, 9.17) is 4.74 Å². The van der Waals surface area contributed by atoms with Crippen LogP contribution < -0.4 is 21.3 Å². The lowest BCUT2D eigenvalue weighted by Crippen LogP contribution is -2.20. The van der Waals surface area contributed by atoms with Crippen molar-refractivity contribution in [2.24, 2.45) is 0 Å². The number of nitrogens with zero attached hydrogens (tertiary/aromatic N) is 4. The first-order chi connectivity index (χ1) is 23.3. The SMILES string of the molecule is COC(=O)c1cccc(NC(=O)c2cccc(NC(=O)c3cccc(NC(=O)c4cccc(NC(=O)OCc5ccccc5)n4)n3)n2)n1. The Hall–Kier alpha value is -7.03. The van der Waals surface area contributed by atoms with E-state index >= 15 is 0 Å². The molecular weight excluding hydrogens is 620 g/mol. The standard InChI is InChI=1S/C33H26N8O7/c1-47-32(45)24-14-8-17-27(37-24)40-30(43)22-12-6-15-25(35-22)38-29(42)21-11-5-16-26(34-21)39-31(44)23-13-7-18-28(36-23)41-33(46)48-19-20-9-3-2-4-10-20/h2-18H,19H2,1H3,(H,34,39,44)(H,35,38,42)(H,36,41,46)(H,37,40,43). The molecule has 4 N–H and O–H groups in total. The zero-order chi connectivity index (χ0) is 33.9. The fraction of sp³-hybridized carbons (Fsp3) is 0.0606. The lowest BCUT2D eigenvalue weighted by atomic mass is 10.2. The Morgan fingerprint density at radius 1 is 0.500 bits per heavy atom. The summed E-state index contributed by atoms with van der Waals surface area (Å²) < 4.78 is 9.82. The quantitative estimate of drug-likeness (QED) is 0.155. The van der Waals surface area contributed by atoms with Crippen molar-refractivity contribution in [3.05, 3.63) is 131 Å². The maximum atomic E-state index is 13.0. The summed E-state index contributed by atoms with van der Waals surface area (Å²) in [6.45, 7) is 0.0612. The molecule has 4 aromatic heterocycles. The maximum Gasteiger partial charge on any atom is 0.413 e. The van der Waals surface area contributed by atoms with E-state index < -0.39 is 29.8 Å². The molecule has 240 valence electrons. The summed E-state index contributed by atoms with van der Waals surface area (Å²) in [6.07, 6.45) is -0.743. The minimum atomic E-state index is -0.743. The number of ether oxygens (including phenoxy) is 2. The molecular formula is C33H26N8O7. The molecule has 0 saturated carbocycles. The summed E-state index contributed by atoms with van der Waals surface area (Å²) in [5.74, 6) is -2.31. The van der Waals surface area contributed by atoms with Crippen molar-refractivity contribution in [1.29, 1.82) is 0 Å².